The van der Waals surface area contributed by atoms with Gasteiger partial charge in [-0.05, 0) is 143 Å². The first kappa shape index (κ1) is 42.6. The Bertz CT molecular complexity index is 1960. The van der Waals surface area contributed by atoms with Gasteiger partial charge in [0.1, 0.15) is 17.2 Å². The van der Waals surface area contributed by atoms with E-state index in [2.05, 4.69) is 31.7 Å². The van der Waals surface area contributed by atoms with E-state index < -0.39 is 5.97 Å². The second-order valence-electron chi connectivity index (χ2n) is 15.5. The van der Waals surface area contributed by atoms with E-state index in [1.165, 1.54) is 50.2 Å². The minimum atomic E-state index is -0.392. The number of benzene rings is 3. The fraction of sp³-hybridized carbons (Fsp3) is 0.468. The van der Waals surface area contributed by atoms with Gasteiger partial charge >= 0.3 is 17.9 Å². The van der Waals surface area contributed by atoms with Crippen LogP contribution >= 0.6 is 11.3 Å². The fourth-order valence-corrected chi connectivity index (χ4v) is 8.83. The molecule has 0 bridgehead atoms. The molecule has 2 fully saturated rings. The highest BCUT2D eigenvalue weighted by Crippen LogP contribution is 2.39. The van der Waals surface area contributed by atoms with E-state index in [1.54, 1.807) is 46.8 Å². The zero-order valence-electron chi connectivity index (χ0n) is 33.9. The number of esters is 3. The highest BCUT2D eigenvalue weighted by atomic mass is 32.1. The summed E-state index contributed by atoms with van der Waals surface area (Å²) in [4.78, 5) is 42.5. The molecule has 4 aromatic rings. The van der Waals surface area contributed by atoms with Crippen molar-refractivity contribution in [3.63, 3.8) is 0 Å². The Balaban J connectivity index is 0.992. The highest BCUT2D eigenvalue weighted by molar-refractivity contribution is 7.22. The molecule has 3 aromatic carbocycles. The van der Waals surface area contributed by atoms with E-state index in [1.807, 2.05) is 31.3 Å². The first-order valence-corrected chi connectivity index (χ1v) is 21.8. The normalized spacial score (nSPS) is 19.4. The highest BCUT2D eigenvalue weighted by Gasteiger charge is 2.33. The number of hydrazone groups is 1. The first-order chi connectivity index (χ1) is 28.3. The quantitative estimate of drug-likeness (QED) is 0.0228. The zero-order valence-corrected chi connectivity index (χ0v) is 34.8. The lowest BCUT2D eigenvalue weighted by molar-refractivity contribution is -0.145. The molecule has 58 heavy (non-hydrogen) atoms. The fourth-order valence-electron chi connectivity index (χ4n) is 7.94. The molecule has 10 nitrogen and oxygen atoms in total. The SMILES string of the molecule is C=CC(=O)OCCCCCCOc1ccc(OC(=O)C2CCC(C(=O)Oc3ccc(C4CCC(CCC)CC4)cc3/C=N/N(C)c3nc4ccccc4s3)CC2)cc1. The number of hydrogen-bond donors (Lipinski definition) is 0. The third-order valence-electron chi connectivity index (χ3n) is 11.3. The van der Waals surface area contributed by atoms with Crippen LogP contribution in [0.5, 0.6) is 17.2 Å². The minimum absolute atomic E-state index is 0.279. The average Bonchev–Trinajstić information content (AvgIpc) is 3.70. The van der Waals surface area contributed by atoms with Crippen molar-refractivity contribution in [1.82, 2.24) is 4.98 Å². The molecular weight excluding hydrogens is 751 g/mol. The average molecular weight is 808 g/mol. The van der Waals surface area contributed by atoms with Gasteiger partial charge in [-0.3, -0.25) is 9.59 Å². The van der Waals surface area contributed by atoms with Crippen molar-refractivity contribution in [2.24, 2.45) is 22.9 Å². The Hall–Kier alpha value is -5.03. The van der Waals surface area contributed by atoms with Crippen LogP contribution < -0.4 is 19.2 Å². The van der Waals surface area contributed by atoms with Gasteiger partial charge in [0.25, 0.3) is 0 Å². The largest absolute Gasteiger partial charge is 0.494 e. The van der Waals surface area contributed by atoms with Crippen molar-refractivity contribution < 1.29 is 33.3 Å². The zero-order chi connectivity index (χ0) is 40.7. The summed E-state index contributed by atoms with van der Waals surface area (Å²) < 4.78 is 23.8. The number of nitrogens with zero attached hydrogens (tertiary/aromatic N) is 3. The molecule has 2 aliphatic rings. The predicted octanol–water partition coefficient (Wildman–Crippen LogP) is 10.8. The lowest BCUT2D eigenvalue weighted by atomic mass is 9.77. The van der Waals surface area contributed by atoms with Crippen LogP contribution in [0.4, 0.5) is 5.13 Å². The maximum absolute atomic E-state index is 13.6. The summed E-state index contributed by atoms with van der Waals surface area (Å²) >= 11 is 1.58. The summed E-state index contributed by atoms with van der Waals surface area (Å²) in [5.41, 5.74) is 2.96. The van der Waals surface area contributed by atoms with E-state index in [-0.39, 0.29) is 23.8 Å². The van der Waals surface area contributed by atoms with Gasteiger partial charge in [0.15, 0.2) is 0 Å². The lowest BCUT2D eigenvalue weighted by Crippen LogP contribution is -2.30. The number of ether oxygens (including phenoxy) is 4. The van der Waals surface area contributed by atoms with Crippen LogP contribution in [0, 0.1) is 17.8 Å². The summed E-state index contributed by atoms with van der Waals surface area (Å²) in [5, 5.41) is 7.31. The molecule has 0 radical (unpaired) electrons. The Kier molecular flexibility index (Phi) is 15.9. The molecule has 11 heteroatoms. The van der Waals surface area contributed by atoms with E-state index in [0.29, 0.717) is 62.1 Å². The Morgan fingerprint density at radius 1 is 0.828 bits per heavy atom. The number of fused-ring (bicyclic) bond motifs is 1. The number of hydrogen-bond acceptors (Lipinski definition) is 11. The molecule has 2 saturated carbocycles. The summed E-state index contributed by atoms with van der Waals surface area (Å²) in [5.74, 6) is 1.41. The minimum Gasteiger partial charge on any atom is -0.494 e. The summed E-state index contributed by atoms with van der Waals surface area (Å²) in [6, 6.07) is 21.3. The van der Waals surface area contributed by atoms with Gasteiger partial charge in [-0.15, -0.1) is 0 Å². The molecule has 2 aliphatic carbocycles. The molecule has 0 amide bonds. The maximum Gasteiger partial charge on any atom is 0.330 e. The van der Waals surface area contributed by atoms with Crippen LogP contribution in [0.1, 0.15) is 114 Å². The van der Waals surface area contributed by atoms with Gasteiger partial charge in [0.2, 0.25) is 5.13 Å². The number of para-hydroxylation sites is 1. The maximum atomic E-state index is 13.6. The van der Waals surface area contributed by atoms with E-state index >= 15 is 0 Å². The van der Waals surface area contributed by atoms with Crippen molar-refractivity contribution in [3.8, 4) is 17.2 Å². The Morgan fingerprint density at radius 3 is 2.19 bits per heavy atom. The van der Waals surface area contributed by atoms with Crippen LogP contribution in [-0.4, -0.2) is 49.4 Å². The molecule has 1 aromatic heterocycles. The summed E-state index contributed by atoms with van der Waals surface area (Å²) in [6.07, 6.45) is 16.1. The molecule has 0 saturated heterocycles. The summed E-state index contributed by atoms with van der Waals surface area (Å²) in [6.45, 7) is 6.63. The number of unbranched alkanes of at least 4 members (excludes halogenated alkanes) is 3. The van der Waals surface area contributed by atoms with Gasteiger partial charge in [-0.25, -0.2) is 14.8 Å². The molecule has 1 heterocycles. The van der Waals surface area contributed by atoms with Gasteiger partial charge in [0.05, 0.1) is 41.5 Å². The Morgan fingerprint density at radius 2 is 1.50 bits per heavy atom. The lowest BCUT2D eigenvalue weighted by Gasteiger charge is -2.29. The van der Waals surface area contributed by atoms with Crippen molar-refractivity contribution in [1.29, 1.82) is 0 Å². The van der Waals surface area contributed by atoms with Crippen molar-refractivity contribution >= 4 is 50.8 Å². The second-order valence-corrected chi connectivity index (χ2v) is 16.5. The molecular formula is C47H57N3O7S. The molecule has 0 N–H and O–H groups in total. The number of thiazole rings is 1. The third-order valence-corrected chi connectivity index (χ3v) is 12.4. The molecule has 0 spiro atoms. The van der Waals surface area contributed by atoms with Crippen LogP contribution in [0.3, 0.4) is 0 Å². The van der Waals surface area contributed by atoms with Crippen LogP contribution in [0.25, 0.3) is 10.2 Å². The molecule has 308 valence electrons. The van der Waals surface area contributed by atoms with Gasteiger partial charge in [-0.1, -0.05) is 55.9 Å². The first-order valence-electron chi connectivity index (χ1n) is 21.0. The topological polar surface area (TPSA) is 117 Å². The molecule has 0 unspecified atom stereocenters. The van der Waals surface area contributed by atoms with Crippen LogP contribution in [0.2, 0.25) is 0 Å². The number of aromatic nitrogens is 1. The number of anilines is 1. The van der Waals surface area contributed by atoms with Crippen LogP contribution in [-0.2, 0) is 19.1 Å². The predicted molar refractivity (Wildman–Crippen MR) is 230 cm³/mol. The van der Waals surface area contributed by atoms with E-state index in [0.717, 1.165) is 52.5 Å². The third kappa shape index (κ3) is 12.2. The summed E-state index contributed by atoms with van der Waals surface area (Å²) in [7, 11) is 1.88. The number of rotatable bonds is 19. The second kappa shape index (κ2) is 21.6. The van der Waals surface area contributed by atoms with Crippen LogP contribution in [0.15, 0.2) is 84.5 Å². The van der Waals surface area contributed by atoms with E-state index in [9.17, 15) is 14.4 Å². The van der Waals surface area contributed by atoms with Crippen molar-refractivity contribution in [2.45, 2.75) is 103 Å². The number of carbonyl (C=O) groups excluding carboxylic acids is 3. The van der Waals surface area contributed by atoms with Gasteiger partial charge < -0.3 is 18.9 Å². The molecule has 6 rings (SSSR count). The smallest absolute Gasteiger partial charge is 0.330 e. The van der Waals surface area contributed by atoms with Gasteiger partial charge in [0, 0.05) is 18.7 Å². The monoisotopic (exact) mass is 807 g/mol. The number of carbonyl (C=O) groups is 3. The molecule has 0 atom stereocenters. The molecule has 0 aliphatic heterocycles. The van der Waals surface area contributed by atoms with Gasteiger partial charge in [-0.2, -0.15) is 5.10 Å². The Labute approximate surface area is 346 Å². The van der Waals surface area contributed by atoms with Crippen molar-refractivity contribution in [2.75, 3.05) is 25.3 Å². The van der Waals surface area contributed by atoms with Crippen molar-refractivity contribution in [3.05, 3.63) is 90.5 Å². The standard InChI is InChI=1S/C47H57N3O7S/c1-4-12-33-15-17-34(18-16-33)37-23-28-42(38(31-37)32-48-50(3)47-49-41-13-8-9-14-43(41)58-47)57-46(53)36-21-19-35(20-22-36)45(52)56-40-26-24-39(25-27-40)54-29-10-6-7-11-30-55-44(51)5-2/h5,8-9,13-14,23-28,31-36H,2,4,6-7,10-12,15-22,29-30H2,1,3H3/b48-32+. The van der Waals surface area contributed by atoms with E-state index in [4.69, 9.17) is 29.0 Å².